The van der Waals surface area contributed by atoms with Gasteiger partial charge in [-0.15, -0.1) is 11.8 Å². The molecule has 3 aromatic carbocycles. The van der Waals surface area contributed by atoms with Crippen LogP contribution in [-0.2, 0) is 24.0 Å². The molecule has 0 spiro atoms. The lowest BCUT2D eigenvalue weighted by Gasteiger charge is -2.33. The molecule has 8 nitrogen and oxygen atoms in total. The standard InChI is InChI=1S/C28H23FN2O6S/c1-35-24-12-19-18-4-2-3-5-22(18)37-23(19)13-20(24)30-25(32)14-36-27(34)21-15-38-28(11-10-26(33)31(21)28)16-6-8-17(29)9-7-16/h2-9,12-13,21H,10-11,14-15H2,1H3,(H,30,32)/t21-,28+/m1/s1. The number of nitrogens with zero attached hydrogens (tertiary/aromatic N) is 1. The van der Waals surface area contributed by atoms with Gasteiger partial charge in [-0.3, -0.25) is 9.59 Å². The molecule has 194 valence electrons. The number of hydrogen-bond donors (Lipinski definition) is 1. The van der Waals surface area contributed by atoms with Crippen molar-refractivity contribution in [3.05, 3.63) is 72.0 Å². The summed E-state index contributed by atoms with van der Waals surface area (Å²) in [6.07, 6.45) is 0.787. The molecule has 2 fully saturated rings. The van der Waals surface area contributed by atoms with E-state index < -0.39 is 29.4 Å². The second-order valence-electron chi connectivity index (χ2n) is 9.18. The van der Waals surface area contributed by atoms with Crippen LogP contribution in [0.15, 0.2) is 65.1 Å². The Kier molecular flexibility index (Phi) is 5.98. The van der Waals surface area contributed by atoms with E-state index in [1.54, 1.807) is 24.3 Å². The number of rotatable bonds is 6. The summed E-state index contributed by atoms with van der Waals surface area (Å²) in [4.78, 5) is 39.3. The number of halogens is 1. The Hall–Kier alpha value is -4.05. The van der Waals surface area contributed by atoms with Gasteiger partial charge in [0, 0.05) is 29.0 Å². The number of nitrogens with one attached hydrogen (secondary N) is 1. The molecule has 1 N–H and O–H groups in total. The second kappa shape index (κ2) is 9.36. The van der Waals surface area contributed by atoms with E-state index in [4.69, 9.17) is 13.9 Å². The molecule has 1 aromatic heterocycles. The van der Waals surface area contributed by atoms with Crippen LogP contribution in [0.4, 0.5) is 10.1 Å². The predicted molar refractivity (Wildman–Crippen MR) is 140 cm³/mol. The van der Waals surface area contributed by atoms with E-state index in [1.807, 2.05) is 24.3 Å². The maximum atomic E-state index is 13.5. The largest absolute Gasteiger partial charge is 0.495 e. The average molecular weight is 535 g/mol. The highest BCUT2D eigenvalue weighted by Crippen LogP contribution is 2.54. The number of esters is 1. The molecule has 10 heteroatoms. The van der Waals surface area contributed by atoms with Crippen LogP contribution in [0.1, 0.15) is 18.4 Å². The number of carbonyl (C=O) groups is 3. The lowest BCUT2D eigenvalue weighted by molar-refractivity contribution is -0.155. The van der Waals surface area contributed by atoms with Gasteiger partial charge in [0.25, 0.3) is 5.91 Å². The van der Waals surface area contributed by atoms with Crippen molar-refractivity contribution in [1.29, 1.82) is 0 Å². The Morgan fingerprint density at radius 1 is 1.13 bits per heavy atom. The Morgan fingerprint density at radius 3 is 2.71 bits per heavy atom. The molecule has 0 bridgehead atoms. The van der Waals surface area contributed by atoms with Crippen LogP contribution in [-0.4, -0.2) is 48.2 Å². The van der Waals surface area contributed by atoms with Gasteiger partial charge in [-0.05, 0) is 36.2 Å². The number of para-hydroxylation sites is 1. The van der Waals surface area contributed by atoms with E-state index in [2.05, 4.69) is 5.32 Å². The summed E-state index contributed by atoms with van der Waals surface area (Å²) < 4.78 is 30.2. The van der Waals surface area contributed by atoms with E-state index in [1.165, 1.54) is 35.9 Å². The maximum Gasteiger partial charge on any atom is 0.330 e. The van der Waals surface area contributed by atoms with Gasteiger partial charge in [0.1, 0.15) is 33.6 Å². The molecule has 3 heterocycles. The molecule has 0 aliphatic carbocycles. The highest BCUT2D eigenvalue weighted by atomic mass is 32.2. The van der Waals surface area contributed by atoms with Crippen LogP contribution >= 0.6 is 11.8 Å². The van der Waals surface area contributed by atoms with Gasteiger partial charge in [-0.2, -0.15) is 0 Å². The van der Waals surface area contributed by atoms with Crippen molar-refractivity contribution in [2.75, 3.05) is 24.8 Å². The summed E-state index contributed by atoms with van der Waals surface area (Å²) >= 11 is 1.46. The minimum atomic E-state index is -0.839. The number of hydrogen-bond acceptors (Lipinski definition) is 7. The summed E-state index contributed by atoms with van der Waals surface area (Å²) in [6, 6.07) is 16.2. The molecule has 0 unspecified atom stereocenters. The van der Waals surface area contributed by atoms with E-state index in [0.717, 1.165) is 16.3 Å². The highest BCUT2D eigenvalue weighted by molar-refractivity contribution is 8.00. The number of benzene rings is 3. The first-order valence-electron chi connectivity index (χ1n) is 12.1. The summed E-state index contributed by atoms with van der Waals surface area (Å²) in [5.41, 5.74) is 2.42. The van der Waals surface area contributed by atoms with Crippen LogP contribution in [0.2, 0.25) is 0 Å². The maximum absolute atomic E-state index is 13.5. The molecule has 0 radical (unpaired) electrons. The Bertz CT molecular complexity index is 1590. The second-order valence-corrected chi connectivity index (χ2v) is 10.5. The molecule has 0 saturated carbocycles. The first-order chi connectivity index (χ1) is 18.4. The SMILES string of the molecule is COc1cc2c(cc1NC(=O)COC(=O)[C@H]1CS[C@]3(c4ccc(F)cc4)CCC(=O)N13)oc1ccccc12. The molecule has 2 aliphatic rings. The van der Waals surface area contributed by atoms with Crippen LogP contribution in [0.3, 0.4) is 0 Å². The zero-order valence-corrected chi connectivity index (χ0v) is 21.2. The van der Waals surface area contributed by atoms with Crippen molar-refractivity contribution >= 4 is 57.2 Å². The van der Waals surface area contributed by atoms with Crippen molar-refractivity contribution in [3.63, 3.8) is 0 Å². The fourth-order valence-corrected chi connectivity index (χ4v) is 6.90. The van der Waals surface area contributed by atoms with Gasteiger partial charge in [0.15, 0.2) is 6.61 Å². The molecule has 2 amide bonds. The number of furan rings is 1. The Balaban J connectivity index is 1.16. The van der Waals surface area contributed by atoms with Crippen LogP contribution in [0, 0.1) is 5.82 Å². The summed E-state index contributed by atoms with van der Waals surface area (Å²) in [5.74, 6) is -1.01. The molecule has 2 saturated heterocycles. The minimum Gasteiger partial charge on any atom is -0.495 e. The Labute approximate surface area is 221 Å². The molecule has 2 aliphatic heterocycles. The van der Waals surface area contributed by atoms with Crippen molar-refractivity contribution in [3.8, 4) is 5.75 Å². The van der Waals surface area contributed by atoms with Crippen LogP contribution < -0.4 is 10.1 Å². The lowest BCUT2D eigenvalue weighted by atomic mass is 10.0. The van der Waals surface area contributed by atoms with E-state index in [0.29, 0.717) is 34.8 Å². The van der Waals surface area contributed by atoms with Crippen molar-refractivity contribution in [2.45, 2.75) is 23.8 Å². The smallest absolute Gasteiger partial charge is 0.330 e. The average Bonchev–Trinajstić information content (AvgIpc) is 3.59. The van der Waals surface area contributed by atoms with Gasteiger partial charge in [-0.25, -0.2) is 9.18 Å². The molecular formula is C28H23FN2O6S. The Morgan fingerprint density at radius 2 is 1.92 bits per heavy atom. The number of thioether (sulfide) groups is 1. The topological polar surface area (TPSA) is 98.1 Å². The van der Waals surface area contributed by atoms with Gasteiger partial charge in [-0.1, -0.05) is 30.3 Å². The summed E-state index contributed by atoms with van der Waals surface area (Å²) in [6.45, 7) is -0.535. The quantitative estimate of drug-likeness (QED) is 0.355. The summed E-state index contributed by atoms with van der Waals surface area (Å²) in [5, 5.41) is 4.49. The fourth-order valence-electron chi connectivity index (χ4n) is 5.27. The van der Waals surface area contributed by atoms with E-state index >= 15 is 0 Å². The first-order valence-corrected chi connectivity index (χ1v) is 13.1. The van der Waals surface area contributed by atoms with Crippen molar-refractivity contribution in [1.82, 2.24) is 4.90 Å². The third-order valence-electron chi connectivity index (χ3n) is 7.01. The monoisotopic (exact) mass is 534 g/mol. The number of methoxy groups -OCH3 is 1. The fraction of sp³-hybridized carbons (Fsp3) is 0.250. The number of anilines is 1. The van der Waals surface area contributed by atoms with E-state index in [9.17, 15) is 18.8 Å². The van der Waals surface area contributed by atoms with Gasteiger partial charge >= 0.3 is 5.97 Å². The third-order valence-corrected chi connectivity index (χ3v) is 8.61. The van der Waals surface area contributed by atoms with Crippen LogP contribution in [0.25, 0.3) is 21.9 Å². The number of amides is 2. The van der Waals surface area contributed by atoms with Crippen LogP contribution in [0.5, 0.6) is 5.75 Å². The zero-order chi connectivity index (χ0) is 26.4. The molecule has 38 heavy (non-hydrogen) atoms. The first kappa shape index (κ1) is 24.3. The molecule has 6 rings (SSSR count). The van der Waals surface area contributed by atoms with Crippen molar-refractivity contribution < 1.29 is 32.7 Å². The molecule has 2 atom stereocenters. The van der Waals surface area contributed by atoms with E-state index in [-0.39, 0.29) is 18.1 Å². The zero-order valence-electron chi connectivity index (χ0n) is 20.4. The number of fused-ring (bicyclic) bond motifs is 4. The normalized spacial score (nSPS) is 20.6. The van der Waals surface area contributed by atoms with Gasteiger partial charge < -0.3 is 24.1 Å². The molecular weight excluding hydrogens is 511 g/mol. The van der Waals surface area contributed by atoms with Gasteiger partial charge in [0.2, 0.25) is 5.91 Å². The third kappa shape index (κ3) is 3.96. The predicted octanol–water partition coefficient (Wildman–Crippen LogP) is 4.81. The highest BCUT2D eigenvalue weighted by Gasteiger charge is 2.57. The number of carbonyl (C=O) groups excluding carboxylic acids is 3. The van der Waals surface area contributed by atoms with Crippen molar-refractivity contribution in [2.24, 2.45) is 0 Å². The molecule has 4 aromatic rings. The summed E-state index contributed by atoms with van der Waals surface area (Å²) in [7, 11) is 1.50. The number of ether oxygens (including phenoxy) is 2. The minimum absolute atomic E-state index is 0.172. The lowest BCUT2D eigenvalue weighted by Crippen LogP contribution is -2.47. The van der Waals surface area contributed by atoms with Gasteiger partial charge in [0.05, 0.1) is 12.8 Å².